The van der Waals surface area contributed by atoms with Gasteiger partial charge in [0.1, 0.15) is 11.6 Å². The summed E-state index contributed by atoms with van der Waals surface area (Å²) in [5, 5.41) is 11.4. The van der Waals surface area contributed by atoms with Crippen LogP contribution < -0.4 is 5.32 Å². The van der Waals surface area contributed by atoms with E-state index in [0.29, 0.717) is 6.54 Å². The zero-order chi connectivity index (χ0) is 16.6. The molecule has 126 valence electrons. The van der Waals surface area contributed by atoms with Crippen LogP contribution in [0.25, 0.3) is 0 Å². The zero-order valence-corrected chi connectivity index (χ0v) is 13.6. The van der Waals surface area contributed by atoms with Crippen molar-refractivity contribution < 1.29 is 9.18 Å². The van der Waals surface area contributed by atoms with Gasteiger partial charge >= 0.3 is 0 Å². The SMILES string of the molecule is O=C(NCc1nnc2n1CCC2)C1(c2cccc(F)c2)CCCC1. The van der Waals surface area contributed by atoms with E-state index < -0.39 is 5.41 Å². The number of hydrogen-bond acceptors (Lipinski definition) is 3. The fourth-order valence-corrected chi connectivity index (χ4v) is 4.08. The van der Waals surface area contributed by atoms with Crippen molar-refractivity contribution in [1.82, 2.24) is 20.1 Å². The molecule has 5 nitrogen and oxygen atoms in total. The van der Waals surface area contributed by atoms with Crippen LogP contribution in [0.2, 0.25) is 0 Å². The Morgan fingerprint density at radius 2 is 2.08 bits per heavy atom. The summed E-state index contributed by atoms with van der Waals surface area (Å²) >= 11 is 0. The smallest absolute Gasteiger partial charge is 0.231 e. The average molecular weight is 328 g/mol. The molecule has 2 heterocycles. The summed E-state index contributed by atoms with van der Waals surface area (Å²) in [6, 6.07) is 6.47. The van der Waals surface area contributed by atoms with Crippen LogP contribution in [0.1, 0.15) is 49.3 Å². The summed E-state index contributed by atoms with van der Waals surface area (Å²) < 4.78 is 15.7. The molecule has 24 heavy (non-hydrogen) atoms. The Morgan fingerprint density at radius 1 is 1.25 bits per heavy atom. The maximum Gasteiger partial charge on any atom is 0.231 e. The van der Waals surface area contributed by atoms with Crippen LogP contribution in [-0.4, -0.2) is 20.7 Å². The molecule has 0 spiro atoms. The van der Waals surface area contributed by atoms with Crippen LogP contribution in [0.5, 0.6) is 0 Å². The molecule has 1 saturated carbocycles. The van der Waals surface area contributed by atoms with E-state index in [1.165, 1.54) is 12.1 Å². The normalized spacial score (nSPS) is 18.5. The van der Waals surface area contributed by atoms with Crippen molar-refractivity contribution in [2.75, 3.05) is 0 Å². The third-order valence-corrected chi connectivity index (χ3v) is 5.36. The predicted octanol–water partition coefficient (Wildman–Crippen LogP) is 2.49. The minimum absolute atomic E-state index is 0.0269. The van der Waals surface area contributed by atoms with Gasteiger partial charge in [0.2, 0.25) is 5.91 Å². The molecule has 4 rings (SSSR count). The van der Waals surface area contributed by atoms with Gasteiger partial charge in [-0.3, -0.25) is 4.79 Å². The lowest BCUT2D eigenvalue weighted by Crippen LogP contribution is -2.42. The molecule has 2 aliphatic rings. The summed E-state index contributed by atoms with van der Waals surface area (Å²) in [7, 11) is 0. The van der Waals surface area contributed by atoms with Gasteiger partial charge in [0.05, 0.1) is 12.0 Å². The molecule has 1 aromatic carbocycles. The topological polar surface area (TPSA) is 59.8 Å². The molecule has 0 unspecified atom stereocenters. The number of aryl methyl sites for hydroxylation is 1. The lowest BCUT2D eigenvalue weighted by Gasteiger charge is -2.28. The van der Waals surface area contributed by atoms with Gasteiger partial charge in [-0.2, -0.15) is 0 Å². The molecule has 1 aliphatic carbocycles. The van der Waals surface area contributed by atoms with Crippen LogP contribution >= 0.6 is 0 Å². The second-order valence-electron chi connectivity index (χ2n) is 6.77. The number of nitrogens with one attached hydrogen (secondary N) is 1. The maximum atomic E-state index is 13.7. The first-order valence-electron chi connectivity index (χ1n) is 8.64. The van der Waals surface area contributed by atoms with Crippen molar-refractivity contribution in [3.63, 3.8) is 0 Å². The van der Waals surface area contributed by atoms with E-state index in [9.17, 15) is 9.18 Å². The molecule has 1 aromatic heterocycles. The van der Waals surface area contributed by atoms with Gasteiger partial charge in [-0.05, 0) is 37.0 Å². The molecule has 0 saturated heterocycles. The molecule has 1 aliphatic heterocycles. The van der Waals surface area contributed by atoms with E-state index in [-0.39, 0.29) is 11.7 Å². The summed E-state index contributed by atoms with van der Waals surface area (Å²) in [5.74, 6) is 1.49. The highest BCUT2D eigenvalue weighted by molar-refractivity contribution is 5.88. The van der Waals surface area contributed by atoms with Crippen LogP contribution in [0, 0.1) is 5.82 Å². The molecule has 6 heteroatoms. The van der Waals surface area contributed by atoms with Crippen molar-refractivity contribution in [3.05, 3.63) is 47.3 Å². The number of hydrogen-bond donors (Lipinski definition) is 1. The average Bonchev–Trinajstić information content (AvgIpc) is 3.30. The number of carbonyl (C=O) groups excluding carboxylic acids is 1. The molecule has 1 amide bonds. The highest BCUT2D eigenvalue weighted by Crippen LogP contribution is 2.41. The second kappa shape index (κ2) is 6.00. The number of aromatic nitrogens is 3. The van der Waals surface area contributed by atoms with E-state index in [4.69, 9.17) is 0 Å². The van der Waals surface area contributed by atoms with Gasteiger partial charge in [0.25, 0.3) is 0 Å². The first-order chi connectivity index (χ1) is 11.7. The maximum absolute atomic E-state index is 13.7. The van der Waals surface area contributed by atoms with Crippen LogP contribution in [0.3, 0.4) is 0 Å². The lowest BCUT2D eigenvalue weighted by molar-refractivity contribution is -0.126. The highest BCUT2D eigenvalue weighted by Gasteiger charge is 2.42. The van der Waals surface area contributed by atoms with Gasteiger partial charge in [-0.1, -0.05) is 25.0 Å². The van der Waals surface area contributed by atoms with Gasteiger partial charge < -0.3 is 9.88 Å². The monoisotopic (exact) mass is 328 g/mol. The van der Waals surface area contributed by atoms with E-state index in [1.54, 1.807) is 6.07 Å². The number of carbonyl (C=O) groups is 1. The Morgan fingerprint density at radius 3 is 2.88 bits per heavy atom. The number of halogens is 1. The van der Waals surface area contributed by atoms with Crippen molar-refractivity contribution in [2.45, 2.75) is 57.0 Å². The molecular weight excluding hydrogens is 307 g/mol. The largest absolute Gasteiger partial charge is 0.348 e. The van der Waals surface area contributed by atoms with Gasteiger partial charge in [-0.15, -0.1) is 10.2 Å². The first-order valence-corrected chi connectivity index (χ1v) is 8.64. The van der Waals surface area contributed by atoms with Crippen molar-refractivity contribution in [1.29, 1.82) is 0 Å². The van der Waals surface area contributed by atoms with E-state index in [2.05, 4.69) is 20.1 Å². The number of benzene rings is 1. The van der Waals surface area contributed by atoms with E-state index in [0.717, 1.165) is 62.3 Å². The van der Waals surface area contributed by atoms with Crippen LogP contribution in [0.4, 0.5) is 4.39 Å². The standard InChI is InChI=1S/C18H21FN4O/c19-14-6-3-5-13(11-14)18(8-1-2-9-18)17(24)20-12-16-22-21-15-7-4-10-23(15)16/h3,5-6,11H,1-2,4,7-10,12H2,(H,20,24). The molecule has 1 fully saturated rings. The predicted molar refractivity (Wildman–Crippen MR) is 86.7 cm³/mol. The highest BCUT2D eigenvalue weighted by atomic mass is 19.1. The van der Waals surface area contributed by atoms with Gasteiger partial charge in [0.15, 0.2) is 5.82 Å². The fraction of sp³-hybridized carbons (Fsp3) is 0.500. The van der Waals surface area contributed by atoms with Crippen LogP contribution in [0.15, 0.2) is 24.3 Å². The summed E-state index contributed by atoms with van der Waals surface area (Å²) in [5.41, 5.74) is 0.166. The molecule has 0 radical (unpaired) electrons. The number of amides is 1. The van der Waals surface area contributed by atoms with Gasteiger partial charge in [0, 0.05) is 13.0 Å². The second-order valence-corrected chi connectivity index (χ2v) is 6.77. The number of nitrogens with zero attached hydrogens (tertiary/aromatic N) is 3. The molecule has 0 bridgehead atoms. The lowest BCUT2D eigenvalue weighted by atomic mass is 9.78. The van der Waals surface area contributed by atoms with Gasteiger partial charge in [-0.25, -0.2) is 4.39 Å². The Balaban J connectivity index is 1.54. The molecular formula is C18H21FN4O. The number of fused-ring (bicyclic) bond motifs is 1. The van der Waals surface area contributed by atoms with Crippen molar-refractivity contribution in [2.24, 2.45) is 0 Å². The summed E-state index contributed by atoms with van der Waals surface area (Å²) in [6.07, 6.45) is 5.54. The Kier molecular flexibility index (Phi) is 3.82. The van der Waals surface area contributed by atoms with E-state index >= 15 is 0 Å². The Bertz CT molecular complexity index is 764. The quantitative estimate of drug-likeness (QED) is 0.938. The zero-order valence-electron chi connectivity index (χ0n) is 13.6. The van der Waals surface area contributed by atoms with E-state index in [1.807, 2.05) is 6.07 Å². The van der Waals surface area contributed by atoms with Crippen molar-refractivity contribution >= 4 is 5.91 Å². The minimum atomic E-state index is -0.615. The third-order valence-electron chi connectivity index (χ3n) is 5.36. The minimum Gasteiger partial charge on any atom is -0.348 e. The number of rotatable bonds is 4. The molecule has 1 N–H and O–H groups in total. The first kappa shape index (κ1) is 15.3. The molecule has 2 aromatic rings. The van der Waals surface area contributed by atoms with Crippen LogP contribution in [-0.2, 0) is 29.7 Å². The Hall–Kier alpha value is -2.24. The Labute approximate surface area is 140 Å². The molecule has 0 atom stereocenters. The third kappa shape index (κ3) is 2.50. The summed E-state index contributed by atoms with van der Waals surface area (Å²) in [6.45, 7) is 1.30. The fourth-order valence-electron chi connectivity index (χ4n) is 4.08. The summed E-state index contributed by atoms with van der Waals surface area (Å²) in [4.78, 5) is 13.0. The van der Waals surface area contributed by atoms with Crippen molar-refractivity contribution in [3.8, 4) is 0 Å².